The molecule has 3 nitrogen and oxygen atoms in total. The lowest BCUT2D eigenvalue weighted by Crippen LogP contribution is -2.43. The average Bonchev–Trinajstić information content (AvgIpc) is 2.59. The lowest BCUT2D eigenvalue weighted by atomic mass is 10.0. The smallest absolute Gasteiger partial charge is 0.338 e. The Labute approximate surface area is 164 Å². The summed E-state index contributed by atoms with van der Waals surface area (Å²) < 4.78 is 11.2. The van der Waals surface area contributed by atoms with Gasteiger partial charge in [-0.2, -0.15) is 0 Å². The molecule has 0 aliphatic rings. The van der Waals surface area contributed by atoms with Crippen molar-refractivity contribution in [2.24, 2.45) is 0 Å². The molecule has 0 fully saturated rings. The van der Waals surface area contributed by atoms with Crippen LogP contribution in [-0.2, 0) is 4.74 Å². The molecular weight excluding hydrogens is 352 g/mol. The van der Waals surface area contributed by atoms with Gasteiger partial charge in [-0.1, -0.05) is 57.2 Å². The molecule has 0 amide bonds. The second-order valence-electron chi connectivity index (χ2n) is 8.29. The summed E-state index contributed by atoms with van der Waals surface area (Å²) in [4.78, 5) is 11.9. The number of esters is 1. The standard InChI is InChI=1S/C23H30O3Si/c1-17-16-20(26-27(6,7)23(2,3)4)15-14-18(17)12-13-19-10-8-9-11-21(19)22(24)25-5/h8-16H,1-7H3/b13-12+. The zero-order valence-corrected chi connectivity index (χ0v) is 18.4. The van der Waals surface area contributed by atoms with Crippen LogP contribution in [0.25, 0.3) is 12.2 Å². The highest BCUT2D eigenvalue weighted by Gasteiger charge is 2.38. The number of methoxy groups -OCH3 is 1. The zero-order valence-electron chi connectivity index (χ0n) is 17.4. The van der Waals surface area contributed by atoms with Crippen molar-refractivity contribution in [3.63, 3.8) is 0 Å². The summed E-state index contributed by atoms with van der Waals surface area (Å²) in [5.74, 6) is 0.594. The van der Waals surface area contributed by atoms with Gasteiger partial charge in [-0.15, -0.1) is 0 Å². The minimum atomic E-state index is -1.85. The molecule has 0 aliphatic carbocycles. The van der Waals surface area contributed by atoms with Crippen molar-refractivity contribution >= 4 is 26.4 Å². The van der Waals surface area contributed by atoms with Gasteiger partial charge in [0.2, 0.25) is 8.32 Å². The SMILES string of the molecule is COC(=O)c1ccccc1/C=C/c1ccc(O[Si](C)(C)C(C)(C)C)cc1C. The molecule has 4 heteroatoms. The number of rotatable bonds is 5. The van der Waals surface area contributed by atoms with Crippen molar-refractivity contribution < 1.29 is 14.0 Å². The van der Waals surface area contributed by atoms with Gasteiger partial charge in [-0.05, 0) is 59.9 Å². The Morgan fingerprint density at radius 2 is 1.63 bits per heavy atom. The van der Waals surface area contributed by atoms with Crippen LogP contribution in [0.5, 0.6) is 5.75 Å². The maximum absolute atomic E-state index is 11.9. The van der Waals surface area contributed by atoms with E-state index in [2.05, 4.69) is 52.9 Å². The van der Waals surface area contributed by atoms with Gasteiger partial charge < -0.3 is 9.16 Å². The third kappa shape index (κ3) is 5.10. The number of carbonyl (C=O) groups is 1. The number of carbonyl (C=O) groups excluding carboxylic acids is 1. The first-order valence-electron chi connectivity index (χ1n) is 9.20. The summed E-state index contributed by atoms with van der Waals surface area (Å²) in [6.07, 6.45) is 3.97. The number of aryl methyl sites for hydroxylation is 1. The van der Waals surface area contributed by atoms with E-state index in [0.29, 0.717) is 5.56 Å². The largest absolute Gasteiger partial charge is 0.543 e. The summed E-state index contributed by atoms with van der Waals surface area (Å²) in [6, 6.07) is 13.6. The van der Waals surface area contributed by atoms with Crippen LogP contribution in [0.1, 0.15) is 47.8 Å². The van der Waals surface area contributed by atoms with Crippen LogP contribution >= 0.6 is 0 Å². The van der Waals surface area contributed by atoms with E-state index in [0.717, 1.165) is 22.4 Å². The third-order valence-electron chi connectivity index (χ3n) is 5.23. The Kier molecular flexibility index (Phi) is 6.32. The van der Waals surface area contributed by atoms with Gasteiger partial charge in [0, 0.05) is 0 Å². The van der Waals surface area contributed by atoms with Crippen molar-refractivity contribution in [3.05, 3.63) is 64.7 Å². The maximum Gasteiger partial charge on any atom is 0.338 e. The summed E-state index contributed by atoms with van der Waals surface area (Å²) in [5.41, 5.74) is 3.63. The molecule has 144 valence electrons. The third-order valence-corrected chi connectivity index (χ3v) is 9.59. The molecule has 0 unspecified atom stereocenters. The van der Waals surface area contributed by atoms with Gasteiger partial charge in [0.1, 0.15) is 5.75 Å². The fourth-order valence-corrected chi connectivity index (χ4v) is 3.49. The first-order chi connectivity index (χ1) is 12.5. The number of benzene rings is 2. The second-order valence-corrected chi connectivity index (χ2v) is 13.0. The molecular formula is C23H30O3Si. The topological polar surface area (TPSA) is 35.5 Å². The van der Waals surface area contributed by atoms with E-state index in [4.69, 9.17) is 9.16 Å². The minimum Gasteiger partial charge on any atom is -0.543 e. The van der Waals surface area contributed by atoms with Crippen LogP contribution in [0.2, 0.25) is 18.1 Å². The van der Waals surface area contributed by atoms with Gasteiger partial charge in [0.25, 0.3) is 0 Å². The summed E-state index contributed by atoms with van der Waals surface area (Å²) in [7, 11) is -0.454. The van der Waals surface area contributed by atoms with Gasteiger partial charge in [-0.25, -0.2) is 4.79 Å². The normalized spacial score (nSPS) is 12.3. The molecule has 2 aromatic carbocycles. The Balaban J connectivity index is 2.25. The zero-order chi connectivity index (χ0) is 20.2. The van der Waals surface area contributed by atoms with E-state index in [1.54, 1.807) is 6.07 Å². The first-order valence-corrected chi connectivity index (χ1v) is 12.1. The molecule has 0 N–H and O–H groups in total. The molecule has 27 heavy (non-hydrogen) atoms. The predicted octanol–water partition coefficient (Wildman–Crippen LogP) is 6.34. The molecule has 0 aliphatic heterocycles. The molecule has 0 spiro atoms. The molecule has 2 rings (SSSR count). The molecule has 0 saturated carbocycles. The average molecular weight is 383 g/mol. The van der Waals surface area contributed by atoms with Crippen LogP contribution in [0.4, 0.5) is 0 Å². The van der Waals surface area contributed by atoms with E-state index in [1.807, 2.05) is 36.4 Å². The van der Waals surface area contributed by atoms with Crippen molar-refractivity contribution in [3.8, 4) is 5.75 Å². The van der Waals surface area contributed by atoms with Gasteiger partial charge in [0.05, 0.1) is 12.7 Å². The van der Waals surface area contributed by atoms with Gasteiger partial charge in [0.15, 0.2) is 0 Å². The van der Waals surface area contributed by atoms with Crippen LogP contribution in [0, 0.1) is 6.92 Å². The van der Waals surface area contributed by atoms with Crippen molar-refractivity contribution in [1.82, 2.24) is 0 Å². The van der Waals surface area contributed by atoms with Crippen molar-refractivity contribution in [1.29, 1.82) is 0 Å². The van der Waals surface area contributed by atoms with E-state index in [1.165, 1.54) is 7.11 Å². The quantitative estimate of drug-likeness (QED) is 0.344. The molecule has 0 radical (unpaired) electrons. The number of hydrogen-bond donors (Lipinski definition) is 0. The molecule has 0 saturated heterocycles. The van der Waals surface area contributed by atoms with Crippen LogP contribution in [0.3, 0.4) is 0 Å². The monoisotopic (exact) mass is 382 g/mol. The molecule has 0 atom stereocenters. The number of hydrogen-bond acceptors (Lipinski definition) is 3. The van der Waals surface area contributed by atoms with Crippen LogP contribution in [0.15, 0.2) is 42.5 Å². The fourth-order valence-electron chi connectivity index (χ4n) is 2.46. The van der Waals surface area contributed by atoms with Crippen LogP contribution in [-0.4, -0.2) is 21.4 Å². The van der Waals surface area contributed by atoms with Crippen LogP contribution < -0.4 is 4.43 Å². The predicted molar refractivity (Wildman–Crippen MR) is 116 cm³/mol. The fraction of sp³-hybridized carbons (Fsp3) is 0.348. The number of ether oxygens (including phenoxy) is 1. The van der Waals surface area contributed by atoms with E-state index < -0.39 is 8.32 Å². The lowest BCUT2D eigenvalue weighted by molar-refractivity contribution is 0.0600. The van der Waals surface area contributed by atoms with Crippen molar-refractivity contribution in [2.75, 3.05) is 7.11 Å². The van der Waals surface area contributed by atoms with E-state index in [9.17, 15) is 4.79 Å². The summed E-state index contributed by atoms with van der Waals surface area (Å²) >= 11 is 0. The highest BCUT2D eigenvalue weighted by atomic mass is 28.4. The van der Waals surface area contributed by atoms with Gasteiger partial charge in [-0.3, -0.25) is 0 Å². The first kappa shape index (κ1) is 21.0. The van der Waals surface area contributed by atoms with Gasteiger partial charge >= 0.3 is 5.97 Å². The second kappa shape index (κ2) is 8.13. The Morgan fingerprint density at radius 1 is 1.00 bits per heavy atom. The molecule has 0 bridgehead atoms. The van der Waals surface area contributed by atoms with E-state index in [-0.39, 0.29) is 11.0 Å². The maximum atomic E-state index is 11.9. The molecule has 0 heterocycles. The summed E-state index contributed by atoms with van der Waals surface area (Å²) in [5, 5.41) is 0.164. The molecule has 0 aromatic heterocycles. The minimum absolute atomic E-state index is 0.164. The summed E-state index contributed by atoms with van der Waals surface area (Å²) in [6.45, 7) is 13.3. The highest BCUT2D eigenvalue weighted by Crippen LogP contribution is 2.37. The Morgan fingerprint density at radius 3 is 2.22 bits per heavy atom. The lowest BCUT2D eigenvalue weighted by Gasteiger charge is -2.36. The highest BCUT2D eigenvalue weighted by molar-refractivity contribution is 6.74. The van der Waals surface area contributed by atoms with Crippen molar-refractivity contribution in [2.45, 2.75) is 45.8 Å². The Bertz CT molecular complexity index is 845. The van der Waals surface area contributed by atoms with E-state index >= 15 is 0 Å². The Hall–Kier alpha value is -2.33. The molecule has 2 aromatic rings.